The first-order chi connectivity index (χ1) is 10.7. The van der Waals surface area contributed by atoms with Crippen LogP contribution >= 0.6 is 0 Å². The van der Waals surface area contributed by atoms with E-state index in [9.17, 15) is 4.79 Å². The molecule has 0 radical (unpaired) electrons. The lowest BCUT2D eigenvalue weighted by molar-refractivity contribution is -0.120. The summed E-state index contributed by atoms with van der Waals surface area (Å²) >= 11 is 0. The third kappa shape index (κ3) is 2.62. The second kappa shape index (κ2) is 6.06. The third-order valence-electron chi connectivity index (χ3n) is 3.83. The molecule has 0 saturated carbocycles. The van der Waals surface area contributed by atoms with Gasteiger partial charge in [0.15, 0.2) is 12.0 Å². The van der Waals surface area contributed by atoms with E-state index in [4.69, 9.17) is 10.5 Å². The van der Waals surface area contributed by atoms with Crippen molar-refractivity contribution in [2.24, 2.45) is 5.73 Å². The molecule has 0 fully saturated rings. The molecule has 2 N–H and O–H groups in total. The van der Waals surface area contributed by atoms with Crippen LogP contribution in [0.3, 0.4) is 0 Å². The van der Waals surface area contributed by atoms with Gasteiger partial charge in [-0.2, -0.15) is 0 Å². The summed E-state index contributed by atoms with van der Waals surface area (Å²) in [5.41, 5.74) is 9.36. The van der Waals surface area contributed by atoms with E-state index >= 15 is 0 Å². The number of ether oxygens (including phenoxy) is 1. The summed E-state index contributed by atoms with van der Waals surface area (Å²) in [7, 11) is 0. The maximum absolute atomic E-state index is 12.7. The van der Waals surface area contributed by atoms with Crippen molar-refractivity contribution in [2.75, 3.05) is 0 Å². The minimum absolute atomic E-state index is 0.0719. The van der Waals surface area contributed by atoms with Crippen LogP contribution in [-0.2, 0) is 16.0 Å². The second-order valence-electron chi connectivity index (χ2n) is 5.46. The molecule has 3 rings (SSSR count). The summed E-state index contributed by atoms with van der Waals surface area (Å²) in [5, 5.41) is 0. The van der Waals surface area contributed by atoms with Crippen LogP contribution in [0.2, 0.25) is 0 Å². The maximum Gasteiger partial charge on any atom is 0.213 e. The Morgan fingerprint density at radius 3 is 2.59 bits per heavy atom. The molecule has 1 aliphatic rings. The van der Waals surface area contributed by atoms with Gasteiger partial charge >= 0.3 is 0 Å². The van der Waals surface area contributed by atoms with Crippen molar-refractivity contribution in [1.29, 1.82) is 0 Å². The van der Waals surface area contributed by atoms with Gasteiger partial charge in [-0.05, 0) is 17.5 Å². The molecule has 0 amide bonds. The molecule has 1 aliphatic heterocycles. The van der Waals surface area contributed by atoms with Crippen molar-refractivity contribution in [2.45, 2.75) is 25.9 Å². The van der Waals surface area contributed by atoms with E-state index in [2.05, 4.69) is 13.0 Å². The number of carbonyl (C=O) groups is 1. The molecule has 0 spiro atoms. The van der Waals surface area contributed by atoms with E-state index in [1.165, 1.54) is 5.56 Å². The van der Waals surface area contributed by atoms with Crippen LogP contribution in [0.25, 0.3) is 5.57 Å². The van der Waals surface area contributed by atoms with Crippen LogP contribution in [-0.4, -0.2) is 5.78 Å². The molecule has 0 saturated heterocycles. The molecule has 0 aromatic heterocycles. The first kappa shape index (κ1) is 14.4. The van der Waals surface area contributed by atoms with E-state index < -0.39 is 6.10 Å². The largest absolute Gasteiger partial charge is 0.462 e. The number of rotatable bonds is 4. The zero-order chi connectivity index (χ0) is 15.5. The second-order valence-corrected chi connectivity index (χ2v) is 5.46. The number of hydrogen-bond acceptors (Lipinski definition) is 3. The molecule has 3 heteroatoms. The number of aryl methyl sites for hydroxylation is 1. The van der Waals surface area contributed by atoms with Gasteiger partial charge in [-0.15, -0.1) is 0 Å². The minimum Gasteiger partial charge on any atom is -0.462 e. The highest BCUT2D eigenvalue weighted by molar-refractivity contribution is 6.25. The maximum atomic E-state index is 12.7. The number of hydrogen-bond donors (Lipinski definition) is 1. The average Bonchev–Trinajstić information content (AvgIpc) is 2.84. The zero-order valence-electron chi connectivity index (χ0n) is 12.6. The first-order valence-electron chi connectivity index (χ1n) is 7.55. The summed E-state index contributed by atoms with van der Waals surface area (Å²) in [5.74, 6) is 0.143. The lowest BCUT2D eigenvalue weighted by Gasteiger charge is -2.09. The minimum atomic E-state index is -0.633. The van der Waals surface area contributed by atoms with Crippen LogP contribution in [0, 0.1) is 0 Å². The van der Waals surface area contributed by atoms with Crippen LogP contribution in [0.1, 0.15) is 36.1 Å². The Kier molecular flexibility index (Phi) is 3.96. The van der Waals surface area contributed by atoms with Crippen LogP contribution < -0.4 is 5.73 Å². The molecule has 22 heavy (non-hydrogen) atoms. The smallest absolute Gasteiger partial charge is 0.213 e. The van der Waals surface area contributed by atoms with Crippen molar-refractivity contribution >= 4 is 11.4 Å². The molecule has 2 aromatic carbocycles. The highest BCUT2D eigenvalue weighted by Gasteiger charge is 2.35. The van der Waals surface area contributed by atoms with Gasteiger partial charge in [-0.25, -0.2) is 0 Å². The normalized spacial score (nSPS) is 17.7. The summed E-state index contributed by atoms with van der Waals surface area (Å²) < 4.78 is 5.63. The van der Waals surface area contributed by atoms with E-state index in [-0.39, 0.29) is 11.7 Å². The summed E-state index contributed by atoms with van der Waals surface area (Å²) in [6.45, 7) is 2.13. The fourth-order valence-electron chi connectivity index (χ4n) is 2.79. The Balaban J connectivity index is 1.93. The SMILES string of the molecule is CCCc1cccc(C2=C(N)OC(c3ccccc3)C2=O)c1. The van der Waals surface area contributed by atoms with Gasteiger partial charge in [-0.3, -0.25) is 4.79 Å². The Hall–Kier alpha value is -2.55. The predicted molar refractivity (Wildman–Crippen MR) is 86.8 cm³/mol. The summed E-state index contributed by atoms with van der Waals surface area (Å²) in [6.07, 6.45) is 1.42. The van der Waals surface area contributed by atoms with Crippen molar-refractivity contribution < 1.29 is 9.53 Å². The van der Waals surface area contributed by atoms with Gasteiger partial charge in [0, 0.05) is 5.56 Å². The van der Waals surface area contributed by atoms with Crippen molar-refractivity contribution in [3.05, 3.63) is 77.2 Å². The summed E-state index contributed by atoms with van der Waals surface area (Å²) in [4.78, 5) is 12.7. The van der Waals surface area contributed by atoms with Gasteiger partial charge in [0.1, 0.15) is 0 Å². The third-order valence-corrected chi connectivity index (χ3v) is 3.83. The quantitative estimate of drug-likeness (QED) is 0.937. The number of Topliss-reactive ketones (excluding diaryl/α,β-unsaturated/α-hetero) is 1. The number of nitrogens with two attached hydrogens (primary N) is 1. The van der Waals surface area contributed by atoms with Crippen molar-refractivity contribution in [3.8, 4) is 0 Å². The fourth-order valence-corrected chi connectivity index (χ4v) is 2.79. The van der Waals surface area contributed by atoms with E-state index in [0.29, 0.717) is 5.57 Å². The van der Waals surface area contributed by atoms with Gasteiger partial charge < -0.3 is 10.5 Å². The lowest BCUT2D eigenvalue weighted by atomic mass is 9.95. The van der Waals surface area contributed by atoms with Crippen molar-refractivity contribution in [1.82, 2.24) is 0 Å². The fraction of sp³-hybridized carbons (Fsp3) is 0.211. The van der Waals surface area contributed by atoms with Gasteiger partial charge in [-0.1, -0.05) is 67.9 Å². The molecular weight excluding hydrogens is 274 g/mol. The van der Waals surface area contributed by atoms with Gasteiger partial charge in [0.05, 0.1) is 5.57 Å². The standard InChI is InChI=1S/C19H19NO2/c1-2-7-13-8-6-11-15(12-13)16-17(21)18(22-19(16)20)14-9-4-3-5-10-14/h3-6,8-12,18H,2,7,20H2,1H3. The molecule has 1 atom stereocenters. The highest BCUT2D eigenvalue weighted by atomic mass is 16.5. The van der Waals surface area contributed by atoms with Crippen molar-refractivity contribution in [3.63, 3.8) is 0 Å². The first-order valence-corrected chi connectivity index (χ1v) is 7.55. The monoisotopic (exact) mass is 293 g/mol. The van der Waals surface area contributed by atoms with Crippen LogP contribution in [0.5, 0.6) is 0 Å². The number of carbonyl (C=O) groups excluding carboxylic acids is 1. The predicted octanol–water partition coefficient (Wildman–Crippen LogP) is 3.61. The molecule has 1 heterocycles. The van der Waals surface area contributed by atoms with Crippen LogP contribution in [0.15, 0.2) is 60.5 Å². The molecule has 3 nitrogen and oxygen atoms in total. The topological polar surface area (TPSA) is 52.3 Å². The highest BCUT2D eigenvalue weighted by Crippen LogP contribution is 2.36. The van der Waals surface area contributed by atoms with E-state index in [1.807, 2.05) is 48.5 Å². The number of ketones is 1. The Bertz CT molecular complexity index is 719. The molecule has 112 valence electrons. The Morgan fingerprint density at radius 2 is 1.86 bits per heavy atom. The number of benzene rings is 2. The molecule has 0 aliphatic carbocycles. The van der Waals surface area contributed by atoms with Gasteiger partial charge in [0.25, 0.3) is 0 Å². The van der Waals surface area contributed by atoms with E-state index in [1.54, 1.807) is 0 Å². The molecule has 1 unspecified atom stereocenters. The Labute approximate surface area is 130 Å². The van der Waals surface area contributed by atoms with E-state index in [0.717, 1.165) is 24.0 Å². The molecule has 2 aromatic rings. The zero-order valence-corrected chi connectivity index (χ0v) is 12.6. The molecule has 0 bridgehead atoms. The average molecular weight is 293 g/mol. The Morgan fingerprint density at radius 1 is 1.09 bits per heavy atom. The lowest BCUT2D eigenvalue weighted by Crippen LogP contribution is -2.09. The molecular formula is C19H19NO2. The van der Waals surface area contributed by atoms with Crippen LogP contribution in [0.4, 0.5) is 0 Å². The van der Waals surface area contributed by atoms with Gasteiger partial charge in [0.2, 0.25) is 5.78 Å². The summed E-state index contributed by atoms with van der Waals surface area (Å²) in [6, 6.07) is 17.4.